The van der Waals surface area contributed by atoms with Gasteiger partial charge in [-0.05, 0) is 59.2 Å². The number of ether oxygens (including phenoxy) is 1. The van der Waals surface area contributed by atoms with E-state index in [2.05, 4.69) is 11.4 Å². The van der Waals surface area contributed by atoms with E-state index in [0.717, 1.165) is 5.56 Å². The summed E-state index contributed by atoms with van der Waals surface area (Å²) in [5, 5.41) is 11.4. The van der Waals surface area contributed by atoms with Crippen LogP contribution in [0, 0.1) is 11.3 Å². The first kappa shape index (κ1) is 20.5. The molecule has 136 valence electrons. The maximum Gasteiger partial charge on any atom is 0.408 e. The van der Waals surface area contributed by atoms with Gasteiger partial charge in [-0.25, -0.2) is 4.79 Å². The average Bonchev–Trinajstić information content (AvgIpc) is 2.50. The van der Waals surface area contributed by atoms with Crippen LogP contribution in [-0.4, -0.2) is 34.6 Å². The van der Waals surface area contributed by atoms with Crippen LogP contribution in [0.25, 0.3) is 0 Å². The number of benzene rings is 1. The summed E-state index contributed by atoms with van der Waals surface area (Å²) in [7, 11) is 0. The molecular formula is C19H27N3O3. The van der Waals surface area contributed by atoms with Gasteiger partial charge in [-0.3, -0.25) is 4.79 Å². The normalized spacial score (nSPS) is 12.2. The first-order valence-corrected chi connectivity index (χ1v) is 8.32. The van der Waals surface area contributed by atoms with Gasteiger partial charge in [0.05, 0.1) is 11.6 Å². The second-order valence-corrected chi connectivity index (χ2v) is 7.24. The lowest BCUT2D eigenvalue weighted by Crippen LogP contribution is -2.49. The topological polar surface area (TPSA) is 82.4 Å². The van der Waals surface area contributed by atoms with Crippen molar-refractivity contribution in [3.63, 3.8) is 0 Å². The minimum atomic E-state index is -0.698. The van der Waals surface area contributed by atoms with Gasteiger partial charge in [0.1, 0.15) is 11.6 Å². The second kappa shape index (κ2) is 8.52. The van der Waals surface area contributed by atoms with Crippen molar-refractivity contribution in [3.05, 3.63) is 35.4 Å². The van der Waals surface area contributed by atoms with Gasteiger partial charge in [-0.1, -0.05) is 12.1 Å². The van der Waals surface area contributed by atoms with Gasteiger partial charge in [0.15, 0.2) is 0 Å². The molecule has 25 heavy (non-hydrogen) atoms. The number of nitrogens with zero attached hydrogens (tertiary/aromatic N) is 2. The summed E-state index contributed by atoms with van der Waals surface area (Å²) in [6.07, 6.45) is -0.615. The van der Waals surface area contributed by atoms with Crippen LogP contribution in [0.3, 0.4) is 0 Å². The van der Waals surface area contributed by atoms with Gasteiger partial charge in [-0.2, -0.15) is 5.26 Å². The molecule has 0 saturated heterocycles. The maximum atomic E-state index is 12.7. The summed E-state index contributed by atoms with van der Waals surface area (Å²) in [4.78, 5) is 26.3. The van der Waals surface area contributed by atoms with Crippen molar-refractivity contribution in [2.75, 3.05) is 0 Å². The zero-order valence-electron chi connectivity index (χ0n) is 15.8. The summed E-state index contributed by atoms with van der Waals surface area (Å²) in [6.45, 7) is 11.2. The standard InChI is InChI=1S/C19H27N3O3/c1-13(2)22(12-16-9-7-15(11-20)8-10-16)17(23)14(3)21-18(24)25-19(4,5)6/h7-10,13-14H,12H2,1-6H3,(H,21,24). The fourth-order valence-corrected chi connectivity index (χ4v) is 2.19. The fourth-order valence-electron chi connectivity index (χ4n) is 2.19. The smallest absolute Gasteiger partial charge is 0.408 e. The van der Waals surface area contributed by atoms with E-state index in [1.807, 2.05) is 26.0 Å². The molecule has 0 aliphatic rings. The predicted molar refractivity (Wildman–Crippen MR) is 95.7 cm³/mol. The Balaban J connectivity index is 2.78. The van der Waals surface area contributed by atoms with Crippen molar-refractivity contribution in [1.82, 2.24) is 10.2 Å². The van der Waals surface area contributed by atoms with E-state index in [1.165, 1.54) is 0 Å². The van der Waals surface area contributed by atoms with Crippen LogP contribution >= 0.6 is 0 Å². The van der Waals surface area contributed by atoms with Crippen molar-refractivity contribution in [3.8, 4) is 6.07 Å². The van der Waals surface area contributed by atoms with Gasteiger partial charge in [-0.15, -0.1) is 0 Å². The zero-order valence-corrected chi connectivity index (χ0v) is 15.8. The first-order chi connectivity index (χ1) is 11.5. The molecular weight excluding hydrogens is 318 g/mol. The Morgan fingerprint density at radius 2 is 1.76 bits per heavy atom. The molecule has 0 aromatic heterocycles. The molecule has 1 atom stereocenters. The molecule has 0 heterocycles. The Morgan fingerprint density at radius 1 is 1.20 bits per heavy atom. The molecule has 0 bridgehead atoms. The zero-order chi connectivity index (χ0) is 19.2. The molecule has 1 aromatic rings. The molecule has 0 spiro atoms. The molecule has 0 aliphatic heterocycles. The Hall–Kier alpha value is -2.55. The number of carbonyl (C=O) groups is 2. The number of nitriles is 1. The highest BCUT2D eigenvalue weighted by Crippen LogP contribution is 2.12. The Morgan fingerprint density at radius 3 is 2.20 bits per heavy atom. The second-order valence-electron chi connectivity index (χ2n) is 7.24. The third-order valence-electron chi connectivity index (χ3n) is 3.45. The van der Waals surface area contributed by atoms with Gasteiger partial charge < -0.3 is 15.0 Å². The largest absolute Gasteiger partial charge is 0.444 e. The monoisotopic (exact) mass is 345 g/mol. The van der Waals surface area contributed by atoms with Crippen molar-refractivity contribution in [2.24, 2.45) is 0 Å². The molecule has 0 saturated carbocycles. The molecule has 2 amide bonds. The Kier molecular flexibility index (Phi) is 6.98. The van der Waals surface area contributed by atoms with E-state index in [-0.39, 0.29) is 11.9 Å². The van der Waals surface area contributed by atoms with Crippen molar-refractivity contribution < 1.29 is 14.3 Å². The van der Waals surface area contributed by atoms with Crippen LogP contribution in [0.1, 0.15) is 52.7 Å². The highest BCUT2D eigenvalue weighted by Gasteiger charge is 2.26. The van der Waals surface area contributed by atoms with Crippen LogP contribution in [0.2, 0.25) is 0 Å². The lowest BCUT2D eigenvalue weighted by molar-refractivity contribution is -0.135. The van der Waals surface area contributed by atoms with Crippen LogP contribution in [-0.2, 0) is 16.1 Å². The molecule has 0 aliphatic carbocycles. The van der Waals surface area contributed by atoms with E-state index in [0.29, 0.717) is 12.1 Å². The van der Waals surface area contributed by atoms with Gasteiger partial charge in [0.25, 0.3) is 0 Å². The number of hydrogen-bond donors (Lipinski definition) is 1. The fraction of sp³-hybridized carbons (Fsp3) is 0.526. The lowest BCUT2D eigenvalue weighted by atomic mass is 10.1. The number of alkyl carbamates (subject to hydrolysis) is 1. The molecule has 6 heteroatoms. The summed E-state index contributed by atoms with van der Waals surface area (Å²) in [5.41, 5.74) is 0.879. The molecule has 1 rings (SSSR count). The average molecular weight is 345 g/mol. The molecule has 0 fully saturated rings. The minimum absolute atomic E-state index is 0.0361. The van der Waals surface area contributed by atoms with Crippen molar-refractivity contribution in [1.29, 1.82) is 5.26 Å². The summed E-state index contributed by atoms with van der Waals surface area (Å²) < 4.78 is 5.19. The van der Waals surface area contributed by atoms with Crippen LogP contribution < -0.4 is 5.32 Å². The number of nitrogens with one attached hydrogen (secondary N) is 1. The molecule has 1 aromatic carbocycles. The maximum absolute atomic E-state index is 12.7. The number of hydrogen-bond acceptors (Lipinski definition) is 4. The van der Waals surface area contributed by atoms with Gasteiger partial charge >= 0.3 is 6.09 Å². The Bertz CT molecular complexity index is 639. The summed E-state index contributed by atoms with van der Waals surface area (Å²) in [5.74, 6) is -0.190. The van der Waals surface area contributed by atoms with Gasteiger partial charge in [0, 0.05) is 12.6 Å². The first-order valence-electron chi connectivity index (χ1n) is 8.32. The Labute approximate surface area is 149 Å². The van der Waals surface area contributed by atoms with E-state index < -0.39 is 17.7 Å². The van der Waals surface area contributed by atoms with Crippen molar-refractivity contribution in [2.45, 2.75) is 65.8 Å². The number of amides is 2. The molecule has 1 unspecified atom stereocenters. The quantitative estimate of drug-likeness (QED) is 0.888. The summed E-state index contributed by atoms with van der Waals surface area (Å²) in [6, 6.07) is 8.43. The highest BCUT2D eigenvalue weighted by atomic mass is 16.6. The predicted octanol–water partition coefficient (Wildman–Crippen LogP) is 3.21. The highest BCUT2D eigenvalue weighted by molar-refractivity contribution is 5.85. The van der Waals surface area contributed by atoms with Gasteiger partial charge in [0.2, 0.25) is 5.91 Å². The van der Waals surface area contributed by atoms with E-state index in [9.17, 15) is 9.59 Å². The molecule has 1 N–H and O–H groups in total. The number of carbonyl (C=O) groups excluding carboxylic acids is 2. The number of rotatable bonds is 5. The SMILES string of the molecule is CC(NC(=O)OC(C)(C)C)C(=O)N(Cc1ccc(C#N)cc1)C(C)C. The van der Waals surface area contributed by atoms with E-state index in [4.69, 9.17) is 10.00 Å². The molecule has 0 radical (unpaired) electrons. The van der Waals surface area contributed by atoms with E-state index in [1.54, 1.807) is 44.7 Å². The van der Waals surface area contributed by atoms with Crippen molar-refractivity contribution >= 4 is 12.0 Å². The minimum Gasteiger partial charge on any atom is -0.444 e. The summed E-state index contributed by atoms with van der Waals surface area (Å²) >= 11 is 0. The third kappa shape index (κ3) is 6.84. The van der Waals surface area contributed by atoms with E-state index >= 15 is 0 Å². The van der Waals surface area contributed by atoms with Crippen LogP contribution in [0.4, 0.5) is 4.79 Å². The lowest BCUT2D eigenvalue weighted by Gasteiger charge is -2.30. The van der Waals surface area contributed by atoms with Crippen LogP contribution in [0.15, 0.2) is 24.3 Å². The van der Waals surface area contributed by atoms with Crippen LogP contribution in [0.5, 0.6) is 0 Å². The molecule has 6 nitrogen and oxygen atoms in total. The third-order valence-corrected chi connectivity index (χ3v) is 3.45.